The average molecular weight is 405 g/mol. The summed E-state index contributed by atoms with van der Waals surface area (Å²) in [5.41, 5.74) is 7.26. The van der Waals surface area contributed by atoms with E-state index >= 15 is 0 Å². The predicted octanol–water partition coefficient (Wildman–Crippen LogP) is 3.11. The van der Waals surface area contributed by atoms with E-state index in [0.29, 0.717) is 12.1 Å². The van der Waals surface area contributed by atoms with Crippen molar-refractivity contribution >= 4 is 53.2 Å². The second-order valence-electron chi connectivity index (χ2n) is 4.96. The van der Waals surface area contributed by atoms with Crippen molar-refractivity contribution in [3.8, 4) is 0 Å². The number of carbonyl (C=O) groups excluding carboxylic acids is 2. The fourth-order valence-electron chi connectivity index (χ4n) is 2.03. The fraction of sp³-hybridized carbons (Fsp3) is 0.188. The maximum atomic E-state index is 12.3. The summed E-state index contributed by atoms with van der Waals surface area (Å²) in [4.78, 5) is 27.4. The lowest BCUT2D eigenvalue weighted by atomic mass is 10.1. The molecule has 1 amide bonds. The molecule has 25 heavy (non-hydrogen) atoms. The minimum absolute atomic E-state index is 0. The van der Waals surface area contributed by atoms with E-state index in [0.717, 1.165) is 5.56 Å². The predicted molar refractivity (Wildman–Crippen MR) is 99.6 cm³/mol. The lowest BCUT2D eigenvalue weighted by Gasteiger charge is -2.11. The van der Waals surface area contributed by atoms with Crippen LogP contribution in [-0.4, -0.2) is 30.0 Å². The number of amides is 1. The third-order valence-corrected chi connectivity index (χ3v) is 3.82. The first-order valence-corrected chi connectivity index (χ1v) is 7.70. The molecule has 2 rings (SSSR count). The van der Waals surface area contributed by atoms with Gasteiger partial charge in [0.2, 0.25) is 0 Å². The molecule has 0 spiro atoms. The molecule has 1 aromatic heterocycles. The topological polar surface area (TPSA) is 94.3 Å². The van der Waals surface area contributed by atoms with Gasteiger partial charge in [-0.25, -0.2) is 0 Å². The first-order chi connectivity index (χ1) is 11.4. The van der Waals surface area contributed by atoms with Crippen molar-refractivity contribution in [2.24, 2.45) is 5.73 Å². The highest BCUT2D eigenvalue weighted by Crippen LogP contribution is 2.24. The third kappa shape index (κ3) is 5.57. The van der Waals surface area contributed by atoms with Gasteiger partial charge in [-0.2, -0.15) is 0 Å². The van der Waals surface area contributed by atoms with E-state index in [1.54, 1.807) is 24.3 Å². The monoisotopic (exact) mass is 403 g/mol. The van der Waals surface area contributed by atoms with Gasteiger partial charge >= 0.3 is 5.97 Å². The second kappa shape index (κ2) is 9.58. The summed E-state index contributed by atoms with van der Waals surface area (Å²) in [5, 5.41) is 3.03. The number of esters is 1. The number of nitrogens with one attached hydrogen (secondary N) is 1. The van der Waals surface area contributed by atoms with Gasteiger partial charge in [0.1, 0.15) is 6.04 Å². The third-order valence-electron chi connectivity index (χ3n) is 3.25. The van der Waals surface area contributed by atoms with Crippen LogP contribution in [-0.2, 0) is 16.0 Å². The normalized spacial score (nSPS) is 11.2. The highest BCUT2D eigenvalue weighted by Gasteiger charge is 2.16. The highest BCUT2D eigenvalue weighted by molar-refractivity contribution is 6.40. The molecule has 0 radical (unpaired) electrons. The largest absolute Gasteiger partial charge is 0.468 e. The maximum Gasteiger partial charge on any atom is 0.322 e. The SMILES string of the molecule is COC(=O)C(N)Cc1ccc(NC(=O)c2c(Cl)cncc2Cl)cc1.Cl. The number of hydrogen-bond acceptors (Lipinski definition) is 5. The van der Waals surface area contributed by atoms with Crippen LogP contribution >= 0.6 is 35.6 Å². The molecule has 3 N–H and O–H groups in total. The Bertz CT molecular complexity index is 734. The number of halogens is 3. The van der Waals surface area contributed by atoms with Crippen LogP contribution < -0.4 is 11.1 Å². The fourth-order valence-corrected chi connectivity index (χ4v) is 2.57. The van der Waals surface area contributed by atoms with Crippen molar-refractivity contribution in [3.63, 3.8) is 0 Å². The summed E-state index contributed by atoms with van der Waals surface area (Å²) in [6.07, 6.45) is 3.03. The van der Waals surface area contributed by atoms with E-state index in [-0.39, 0.29) is 28.0 Å². The van der Waals surface area contributed by atoms with E-state index in [1.165, 1.54) is 19.5 Å². The number of hydrogen-bond donors (Lipinski definition) is 2. The van der Waals surface area contributed by atoms with Crippen LogP contribution in [0, 0.1) is 0 Å². The van der Waals surface area contributed by atoms with Crippen molar-refractivity contribution in [2.75, 3.05) is 12.4 Å². The van der Waals surface area contributed by atoms with Crippen LogP contribution in [0.5, 0.6) is 0 Å². The highest BCUT2D eigenvalue weighted by atomic mass is 35.5. The molecule has 0 saturated heterocycles. The first-order valence-electron chi connectivity index (χ1n) is 6.95. The Labute approximate surface area is 161 Å². The van der Waals surface area contributed by atoms with Crippen molar-refractivity contribution in [1.82, 2.24) is 4.98 Å². The van der Waals surface area contributed by atoms with E-state index in [9.17, 15) is 9.59 Å². The number of rotatable bonds is 5. The van der Waals surface area contributed by atoms with Crippen LogP contribution in [0.4, 0.5) is 5.69 Å². The van der Waals surface area contributed by atoms with Crippen molar-refractivity contribution < 1.29 is 14.3 Å². The standard InChI is InChI=1S/C16H15Cl2N3O3.ClH/c1-24-16(23)13(19)6-9-2-4-10(5-3-9)21-15(22)14-11(17)7-20-8-12(14)18;/h2-5,7-8,13H,6,19H2,1H3,(H,21,22);1H. The molecule has 0 saturated carbocycles. The molecule has 134 valence electrons. The Morgan fingerprint density at radius 3 is 2.28 bits per heavy atom. The second-order valence-corrected chi connectivity index (χ2v) is 5.78. The molecule has 9 heteroatoms. The van der Waals surface area contributed by atoms with Gasteiger partial charge in [0, 0.05) is 18.1 Å². The van der Waals surface area contributed by atoms with Gasteiger partial charge in [-0.1, -0.05) is 35.3 Å². The lowest BCUT2D eigenvalue weighted by molar-refractivity contribution is -0.142. The summed E-state index contributed by atoms with van der Waals surface area (Å²) in [5.74, 6) is -0.916. The van der Waals surface area contributed by atoms with Crippen LogP contribution in [0.3, 0.4) is 0 Å². The first kappa shape index (κ1) is 21.2. The number of carbonyl (C=O) groups is 2. The van der Waals surface area contributed by atoms with E-state index < -0.39 is 17.9 Å². The van der Waals surface area contributed by atoms with Crippen LogP contribution in [0.2, 0.25) is 10.0 Å². The number of benzene rings is 1. The molecule has 1 heterocycles. The molecular formula is C16H16Cl3N3O3. The smallest absolute Gasteiger partial charge is 0.322 e. The Kier molecular flexibility index (Phi) is 8.12. The zero-order valence-electron chi connectivity index (χ0n) is 13.2. The molecule has 0 fully saturated rings. The summed E-state index contributed by atoms with van der Waals surface area (Å²) < 4.78 is 4.58. The molecule has 0 aliphatic rings. The number of nitrogens with zero attached hydrogens (tertiary/aromatic N) is 1. The van der Waals surface area contributed by atoms with Gasteiger partial charge in [-0.15, -0.1) is 12.4 Å². The van der Waals surface area contributed by atoms with Gasteiger partial charge in [0.15, 0.2) is 0 Å². The van der Waals surface area contributed by atoms with Crippen molar-refractivity contribution in [1.29, 1.82) is 0 Å². The van der Waals surface area contributed by atoms with Gasteiger partial charge in [-0.3, -0.25) is 14.6 Å². The van der Waals surface area contributed by atoms with Crippen molar-refractivity contribution in [2.45, 2.75) is 12.5 Å². The molecule has 1 atom stereocenters. The summed E-state index contributed by atoms with van der Waals surface area (Å²) >= 11 is 11.9. The van der Waals surface area contributed by atoms with Gasteiger partial charge in [0.05, 0.1) is 22.7 Å². The quantitative estimate of drug-likeness (QED) is 0.747. The number of aromatic nitrogens is 1. The van der Waals surface area contributed by atoms with Crippen molar-refractivity contribution in [3.05, 3.63) is 57.8 Å². The number of pyridine rings is 1. The Hall–Kier alpha value is -1.86. The molecular weight excluding hydrogens is 389 g/mol. The number of nitrogens with two attached hydrogens (primary N) is 1. The van der Waals surface area contributed by atoms with Gasteiger partial charge < -0.3 is 15.8 Å². The Balaban J connectivity index is 0.00000312. The molecule has 0 bridgehead atoms. The number of ether oxygens (including phenoxy) is 1. The van der Waals surface area contributed by atoms with Gasteiger partial charge in [-0.05, 0) is 24.1 Å². The molecule has 6 nitrogen and oxygen atoms in total. The number of methoxy groups -OCH3 is 1. The zero-order chi connectivity index (χ0) is 17.7. The van der Waals surface area contributed by atoms with Gasteiger partial charge in [0.25, 0.3) is 5.91 Å². The Morgan fingerprint density at radius 2 is 1.76 bits per heavy atom. The van der Waals surface area contributed by atoms with Crippen LogP contribution in [0.1, 0.15) is 15.9 Å². The maximum absolute atomic E-state index is 12.3. The molecule has 0 aliphatic heterocycles. The van der Waals surface area contributed by atoms with Crippen LogP contribution in [0.25, 0.3) is 0 Å². The Morgan fingerprint density at radius 1 is 1.20 bits per heavy atom. The molecule has 2 aromatic rings. The van der Waals surface area contributed by atoms with Crippen LogP contribution in [0.15, 0.2) is 36.7 Å². The molecule has 0 aliphatic carbocycles. The molecule has 1 unspecified atom stereocenters. The van der Waals surface area contributed by atoms with E-state index in [4.69, 9.17) is 28.9 Å². The lowest BCUT2D eigenvalue weighted by Crippen LogP contribution is -2.33. The molecule has 1 aromatic carbocycles. The number of anilines is 1. The summed E-state index contributed by atoms with van der Waals surface area (Å²) in [7, 11) is 1.29. The van der Waals surface area contributed by atoms with E-state index in [1.807, 2.05) is 0 Å². The van der Waals surface area contributed by atoms with E-state index in [2.05, 4.69) is 15.0 Å². The average Bonchev–Trinajstić information content (AvgIpc) is 2.55. The minimum atomic E-state index is -0.732. The minimum Gasteiger partial charge on any atom is -0.468 e. The summed E-state index contributed by atoms with van der Waals surface area (Å²) in [6, 6.07) is 6.17. The zero-order valence-corrected chi connectivity index (χ0v) is 15.5. The summed E-state index contributed by atoms with van der Waals surface area (Å²) in [6.45, 7) is 0.